The van der Waals surface area contributed by atoms with E-state index >= 15 is 0 Å². The number of carbonyl (C=O) groups is 2. The standard InChI is InChI=1S/2C7H5N5O2.Cd.4H2O/c2*13-7(14)4-1-2-5(8-3-4)6-9-11-12-10-6;;;;;/h1-3H,(H,13,14)(H,9,10,11,12);1-3H,(H2,8,9,10,11,12,13,14);;4*1H2/q;;+2;;;;. The molecule has 0 atom stereocenters. The van der Waals surface area contributed by atoms with Crippen LogP contribution in [0.2, 0.25) is 0 Å². The van der Waals surface area contributed by atoms with Gasteiger partial charge in [0, 0.05) is 18.0 Å². The summed E-state index contributed by atoms with van der Waals surface area (Å²) in [6.45, 7) is 0. The number of carboxylic acid groups (broad SMARTS) is 2. The molecule has 18 nitrogen and oxygen atoms in total. The van der Waals surface area contributed by atoms with Crippen LogP contribution in [0.15, 0.2) is 36.7 Å². The fourth-order valence-corrected chi connectivity index (χ4v) is 1.82. The maximum Gasteiger partial charge on any atom is 2.00 e. The maximum atomic E-state index is 10.5. The quantitative estimate of drug-likeness (QED) is 0.172. The monoisotopic (exact) mass is 568 g/mol. The molecule has 4 aromatic heterocycles. The van der Waals surface area contributed by atoms with Crippen LogP contribution < -0.4 is 10.2 Å². The average molecular weight is 567 g/mol. The van der Waals surface area contributed by atoms with E-state index in [0.29, 0.717) is 17.2 Å². The van der Waals surface area contributed by atoms with E-state index in [-0.39, 0.29) is 66.2 Å². The first-order chi connectivity index (χ1) is 13.5. The van der Waals surface area contributed by atoms with Gasteiger partial charge < -0.3 is 42.0 Å². The second-order valence-corrected chi connectivity index (χ2v) is 4.91. The molecule has 0 saturated heterocycles. The molecule has 0 aromatic carbocycles. The van der Waals surface area contributed by atoms with Crippen molar-refractivity contribution in [3.8, 4) is 23.0 Å². The van der Waals surface area contributed by atoms with Crippen LogP contribution in [-0.4, -0.2) is 74.1 Å². The molecule has 172 valence electrons. The van der Waals surface area contributed by atoms with E-state index in [9.17, 15) is 14.7 Å². The molecule has 0 unspecified atom stereocenters. The molecule has 0 amide bonds. The van der Waals surface area contributed by atoms with Crippen molar-refractivity contribution >= 4 is 11.9 Å². The van der Waals surface area contributed by atoms with Gasteiger partial charge >= 0.3 is 33.3 Å². The normalized spacial score (nSPS) is 8.48. The van der Waals surface area contributed by atoms with Crippen LogP contribution in [0.1, 0.15) is 20.7 Å². The van der Waals surface area contributed by atoms with E-state index in [1.165, 1.54) is 36.7 Å². The Bertz CT molecular complexity index is 975. The molecular weight excluding hydrogens is 549 g/mol. The largest absolute Gasteiger partial charge is 2.00 e. The van der Waals surface area contributed by atoms with Crippen molar-refractivity contribution in [1.29, 1.82) is 0 Å². The Hall–Kier alpha value is -3.86. The smallest absolute Gasteiger partial charge is 0.545 e. The SMILES string of the molecule is O.O.O=C(O)c1ccc(-c2nnn[n-]2)nc1.O=C([O-])c1ccc(-c2nnn[nH]2)nc1.[Cd+2].[OH3+].[OH3+]. The zero-order valence-electron chi connectivity index (χ0n) is 16.5. The molecule has 0 radical (unpaired) electrons. The number of aromatic nitrogens is 10. The molecule has 0 aliphatic carbocycles. The Morgan fingerprint density at radius 3 is 1.94 bits per heavy atom. The first-order valence-electron chi connectivity index (χ1n) is 7.34. The summed E-state index contributed by atoms with van der Waals surface area (Å²) in [5.74, 6) is -1.62. The maximum absolute atomic E-state index is 10.5. The third-order valence-electron chi connectivity index (χ3n) is 3.15. The second kappa shape index (κ2) is 15.9. The number of nitrogens with zero attached hydrogens (tertiary/aromatic N) is 9. The fourth-order valence-electron chi connectivity index (χ4n) is 1.82. The summed E-state index contributed by atoms with van der Waals surface area (Å²) < 4.78 is 0. The molecule has 0 fully saturated rings. The van der Waals surface area contributed by atoms with Crippen molar-refractivity contribution in [2.45, 2.75) is 0 Å². The van der Waals surface area contributed by atoms with Gasteiger partial charge in [-0.2, -0.15) is 5.21 Å². The summed E-state index contributed by atoms with van der Waals surface area (Å²) in [5.41, 5.74) is 1.04. The average Bonchev–Trinajstić information content (AvgIpc) is 3.43. The van der Waals surface area contributed by atoms with Gasteiger partial charge in [0.1, 0.15) is 5.69 Å². The van der Waals surface area contributed by atoms with Crippen LogP contribution in [0, 0.1) is 0 Å². The number of tetrazole rings is 2. The Morgan fingerprint density at radius 1 is 0.909 bits per heavy atom. The third-order valence-corrected chi connectivity index (χ3v) is 3.15. The number of aromatic carboxylic acids is 2. The number of H-pyrrole nitrogens is 1. The van der Waals surface area contributed by atoms with Crippen LogP contribution in [0.4, 0.5) is 0 Å². The van der Waals surface area contributed by atoms with Crippen molar-refractivity contribution in [2.24, 2.45) is 0 Å². The summed E-state index contributed by atoms with van der Waals surface area (Å²) in [4.78, 5) is 28.6. The topological polar surface area (TPSA) is 339 Å². The minimum Gasteiger partial charge on any atom is -0.545 e. The molecule has 0 saturated carbocycles. The number of hydrogen-bond donors (Lipinski definition) is 2. The number of aromatic amines is 1. The van der Waals surface area contributed by atoms with Crippen LogP contribution >= 0.6 is 0 Å². The van der Waals surface area contributed by atoms with Crippen molar-refractivity contribution in [3.63, 3.8) is 0 Å². The number of carbonyl (C=O) groups excluding carboxylic acids is 1. The Balaban J connectivity index is -0.000000474. The summed E-state index contributed by atoms with van der Waals surface area (Å²) in [6, 6.07) is 5.79. The fraction of sp³-hybridized carbons (Fsp3) is 0. The van der Waals surface area contributed by atoms with Crippen molar-refractivity contribution in [2.75, 3.05) is 0 Å². The Morgan fingerprint density at radius 2 is 1.52 bits per heavy atom. The molecule has 0 spiro atoms. The van der Waals surface area contributed by atoms with Crippen molar-refractivity contribution in [3.05, 3.63) is 47.8 Å². The van der Waals surface area contributed by atoms with Crippen LogP contribution in [0.5, 0.6) is 0 Å². The first kappa shape index (κ1) is 33.8. The van der Waals surface area contributed by atoms with Crippen LogP contribution in [0.3, 0.4) is 0 Å². The Labute approximate surface area is 202 Å². The number of rotatable bonds is 4. The molecule has 0 bridgehead atoms. The molecule has 4 aromatic rings. The molecule has 19 heteroatoms. The second-order valence-electron chi connectivity index (χ2n) is 4.91. The number of carboxylic acids is 2. The van der Waals surface area contributed by atoms with Gasteiger partial charge in [-0.25, -0.2) is 9.89 Å². The zero-order chi connectivity index (χ0) is 19.9. The van der Waals surface area contributed by atoms with Crippen LogP contribution in [0.25, 0.3) is 23.0 Å². The zero-order valence-corrected chi connectivity index (χ0v) is 20.6. The number of pyridine rings is 2. The first-order valence-corrected chi connectivity index (χ1v) is 7.34. The summed E-state index contributed by atoms with van der Waals surface area (Å²) >= 11 is 0. The minimum absolute atomic E-state index is 0. The summed E-state index contributed by atoms with van der Waals surface area (Å²) in [7, 11) is 0. The van der Waals surface area contributed by atoms with Gasteiger partial charge in [0.15, 0.2) is 5.82 Å². The van der Waals surface area contributed by atoms with Gasteiger partial charge in [-0.05, 0) is 34.7 Å². The van der Waals surface area contributed by atoms with E-state index in [4.69, 9.17) is 5.11 Å². The van der Waals surface area contributed by atoms with Gasteiger partial charge in [0.05, 0.1) is 23.1 Å². The van der Waals surface area contributed by atoms with Crippen LogP contribution in [-0.2, 0) is 38.3 Å². The van der Waals surface area contributed by atoms with Gasteiger partial charge in [0.2, 0.25) is 0 Å². The van der Waals surface area contributed by atoms with E-state index in [0.717, 1.165) is 0 Å². The van der Waals surface area contributed by atoms with E-state index in [1.807, 2.05) is 0 Å². The van der Waals surface area contributed by atoms with E-state index in [2.05, 4.69) is 51.2 Å². The molecule has 4 heterocycles. The number of hydrogen-bond acceptors (Lipinski definition) is 11. The van der Waals surface area contributed by atoms with Gasteiger partial charge in [0.25, 0.3) is 0 Å². The van der Waals surface area contributed by atoms with Gasteiger partial charge in [-0.15, -0.1) is 5.10 Å². The summed E-state index contributed by atoms with van der Waals surface area (Å²) in [6.07, 6.45) is 2.42. The third kappa shape index (κ3) is 9.03. The van der Waals surface area contributed by atoms with E-state index in [1.54, 1.807) is 0 Å². The van der Waals surface area contributed by atoms with E-state index < -0.39 is 11.9 Å². The van der Waals surface area contributed by atoms with Crippen molar-refractivity contribution < 1.29 is 69.0 Å². The molecule has 12 N–H and O–H groups in total. The van der Waals surface area contributed by atoms with Gasteiger partial charge in [-0.1, -0.05) is 0 Å². The minimum atomic E-state index is -1.26. The molecule has 0 aliphatic rings. The summed E-state index contributed by atoms with van der Waals surface area (Å²) in [5, 5.41) is 45.6. The molecule has 33 heavy (non-hydrogen) atoms. The number of nitrogens with one attached hydrogen (secondary N) is 1. The van der Waals surface area contributed by atoms with Crippen molar-refractivity contribution in [1.82, 2.24) is 51.2 Å². The molecule has 0 aliphatic heterocycles. The van der Waals surface area contributed by atoms with Gasteiger partial charge in [-0.3, -0.25) is 20.3 Å². The molecular formula is C14H18CdN10O8+2. The predicted molar refractivity (Wildman–Crippen MR) is 102 cm³/mol. The predicted octanol–water partition coefficient (Wildman–Crippen LogP) is -5.28. The molecule has 4 rings (SSSR count). The Kier molecular flexibility index (Phi) is 16.2.